The zero-order valence-corrected chi connectivity index (χ0v) is 12.5. The van der Waals surface area contributed by atoms with Gasteiger partial charge in [0.2, 0.25) is 5.91 Å². The number of carbonyl (C=O) groups is 1. The molecule has 0 bridgehead atoms. The number of hydrogen-bond donors (Lipinski definition) is 1. The molecular formula is C15H28N2O. The SMILES string of the molecule is CCC1(C)NC(C)N(C2CCCC(C)C2C)C1=O. The Morgan fingerprint density at radius 3 is 2.56 bits per heavy atom. The lowest BCUT2D eigenvalue weighted by Gasteiger charge is -2.41. The van der Waals surface area contributed by atoms with Crippen LogP contribution in [0, 0.1) is 11.8 Å². The molecule has 1 N–H and O–H groups in total. The van der Waals surface area contributed by atoms with Gasteiger partial charge in [-0.15, -0.1) is 0 Å². The standard InChI is InChI=1S/C15H28N2O/c1-6-15(5)14(18)17(12(4)16-15)13-9-7-8-10(2)11(13)3/h10-13,16H,6-9H2,1-5H3. The van der Waals surface area contributed by atoms with Gasteiger partial charge < -0.3 is 4.90 Å². The van der Waals surface area contributed by atoms with Crippen molar-refractivity contribution < 1.29 is 4.79 Å². The third-order valence-electron chi connectivity index (χ3n) is 5.38. The van der Waals surface area contributed by atoms with Gasteiger partial charge in [-0.25, -0.2) is 0 Å². The molecule has 3 nitrogen and oxygen atoms in total. The summed E-state index contributed by atoms with van der Waals surface area (Å²) in [6.45, 7) is 10.9. The molecule has 3 heteroatoms. The van der Waals surface area contributed by atoms with Crippen LogP contribution in [-0.2, 0) is 4.79 Å². The molecule has 2 aliphatic rings. The molecule has 1 amide bonds. The van der Waals surface area contributed by atoms with Gasteiger partial charge in [0.15, 0.2) is 0 Å². The van der Waals surface area contributed by atoms with E-state index in [1.165, 1.54) is 19.3 Å². The molecule has 2 fully saturated rings. The molecule has 0 spiro atoms. The predicted molar refractivity (Wildman–Crippen MR) is 74.1 cm³/mol. The maximum absolute atomic E-state index is 12.7. The highest BCUT2D eigenvalue weighted by Gasteiger charge is 2.49. The van der Waals surface area contributed by atoms with Crippen LogP contribution in [0.5, 0.6) is 0 Å². The zero-order valence-electron chi connectivity index (χ0n) is 12.5. The molecule has 18 heavy (non-hydrogen) atoms. The summed E-state index contributed by atoms with van der Waals surface area (Å²) < 4.78 is 0. The quantitative estimate of drug-likeness (QED) is 0.819. The van der Waals surface area contributed by atoms with E-state index >= 15 is 0 Å². The highest BCUT2D eigenvalue weighted by atomic mass is 16.2. The maximum atomic E-state index is 12.7. The fraction of sp³-hybridized carbons (Fsp3) is 0.933. The van der Waals surface area contributed by atoms with Crippen molar-refractivity contribution in [3.05, 3.63) is 0 Å². The van der Waals surface area contributed by atoms with Crippen LogP contribution in [0.1, 0.15) is 60.3 Å². The Morgan fingerprint density at radius 1 is 1.33 bits per heavy atom. The molecule has 1 saturated carbocycles. The van der Waals surface area contributed by atoms with Gasteiger partial charge in [0.25, 0.3) is 0 Å². The van der Waals surface area contributed by atoms with Crippen molar-refractivity contribution in [2.24, 2.45) is 11.8 Å². The largest absolute Gasteiger partial charge is 0.323 e. The lowest BCUT2D eigenvalue weighted by molar-refractivity contribution is -0.137. The van der Waals surface area contributed by atoms with Gasteiger partial charge in [-0.05, 0) is 38.5 Å². The van der Waals surface area contributed by atoms with Gasteiger partial charge in [-0.1, -0.05) is 33.6 Å². The van der Waals surface area contributed by atoms with Gasteiger partial charge in [0.05, 0.1) is 11.7 Å². The molecule has 5 atom stereocenters. The first kappa shape index (κ1) is 13.9. The first-order chi connectivity index (χ1) is 8.40. The highest BCUT2D eigenvalue weighted by Crippen LogP contribution is 2.37. The average Bonchev–Trinajstić information content (AvgIpc) is 2.55. The number of amides is 1. The Balaban J connectivity index is 2.20. The molecule has 1 saturated heterocycles. The van der Waals surface area contributed by atoms with E-state index in [1.807, 2.05) is 6.92 Å². The zero-order chi connectivity index (χ0) is 13.5. The summed E-state index contributed by atoms with van der Waals surface area (Å²) in [5.41, 5.74) is -0.347. The molecule has 1 aliphatic heterocycles. The van der Waals surface area contributed by atoms with Crippen LogP contribution >= 0.6 is 0 Å². The molecule has 0 radical (unpaired) electrons. The van der Waals surface area contributed by atoms with Crippen molar-refractivity contribution in [2.75, 3.05) is 0 Å². The molecular weight excluding hydrogens is 224 g/mol. The summed E-state index contributed by atoms with van der Waals surface area (Å²) in [4.78, 5) is 14.8. The lowest BCUT2D eigenvalue weighted by Crippen LogP contribution is -2.50. The van der Waals surface area contributed by atoms with Crippen LogP contribution in [-0.4, -0.2) is 28.6 Å². The first-order valence-corrected chi connectivity index (χ1v) is 7.51. The van der Waals surface area contributed by atoms with E-state index in [4.69, 9.17) is 0 Å². The minimum absolute atomic E-state index is 0.181. The van der Waals surface area contributed by atoms with Gasteiger partial charge >= 0.3 is 0 Å². The van der Waals surface area contributed by atoms with Gasteiger partial charge in [-0.3, -0.25) is 10.1 Å². The van der Waals surface area contributed by atoms with E-state index in [0.29, 0.717) is 17.9 Å². The molecule has 1 aliphatic carbocycles. The van der Waals surface area contributed by atoms with Crippen LogP contribution in [0.4, 0.5) is 0 Å². The maximum Gasteiger partial charge on any atom is 0.244 e. The molecule has 0 aromatic carbocycles. The number of carbonyl (C=O) groups excluding carboxylic acids is 1. The summed E-state index contributed by atoms with van der Waals surface area (Å²) in [5.74, 6) is 1.66. The average molecular weight is 252 g/mol. The smallest absolute Gasteiger partial charge is 0.244 e. The Hall–Kier alpha value is -0.570. The number of nitrogens with zero attached hydrogens (tertiary/aromatic N) is 1. The van der Waals surface area contributed by atoms with Crippen LogP contribution < -0.4 is 5.32 Å². The number of nitrogens with one attached hydrogen (secondary N) is 1. The second kappa shape index (κ2) is 4.84. The molecule has 1 heterocycles. The summed E-state index contributed by atoms with van der Waals surface area (Å²) in [5, 5.41) is 3.49. The fourth-order valence-electron chi connectivity index (χ4n) is 3.69. The van der Waals surface area contributed by atoms with E-state index in [1.54, 1.807) is 0 Å². The molecule has 2 rings (SSSR count). The number of hydrogen-bond acceptors (Lipinski definition) is 2. The molecule has 0 aromatic rings. The summed E-state index contributed by atoms with van der Waals surface area (Å²) in [6, 6.07) is 0.428. The summed E-state index contributed by atoms with van der Waals surface area (Å²) in [7, 11) is 0. The molecule has 0 aromatic heterocycles. The predicted octanol–water partition coefficient (Wildman–Crippen LogP) is 2.76. The lowest BCUT2D eigenvalue weighted by atomic mass is 9.77. The van der Waals surface area contributed by atoms with Crippen LogP contribution in [0.3, 0.4) is 0 Å². The topological polar surface area (TPSA) is 32.3 Å². The fourth-order valence-corrected chi connectivity index (χ4v) is 3.69. The minimum atomic E-state index is -0.347. The van der Waals surface area contributed by atoms with Crippen LogP contribution in [0.25, 0.3) is 0 Å². The van der Waals surface area contributed by atoms with Crippen molar-refractivity contribution in [1.29, 1.82) is 0 Å². The Morgan fingerprint density at radius 2 is 2.00 bits per heavy atom. The van der Waals surface area contributed by atoms with Crippen molar-refractivity contribution in [1.82, 2.24) is 10.2 Å². The molecule has 5 unspecified atom stereocenters. The Kier molecular flexibility index (Phi) is 3.72. The molecule has 104 valence electrons. The van der Waals surface area contributed by atoms with Crippen LogP contribution in [0.2, 0.25) is 0 Å². The summed E-state index contributed by atoms with van der Waals surface area (Å²) >= 11 is 0. The van der Waals surface area contributed by atoms with E-state index in [0.717, 1.165) is 12.3 Å². The third kappa shape index (κ3) is 2.07. The van der Waals surface area contributed by atoms with Crippen LogP contribution in [0.15, 0.2) is 0 Å². The van der Waals surface area contributed by atoms with Gasteiger partial charge in [0.1, 0.15) is 0 Å². The van der Waals surface area contributed by atoms with Crippen molar-refractivity contribution in [2.45, 2.75) is 78.0 Å². The van der Waals surface area contributed by atoms with E-state index in [9.17, 15) is 4.79 Å². The van der Waals surface area contributed by atoms with E-state index in [-0.39, 0.29) is 11.7 Å². The van der Waals surface area contributed by atoms with Crippen molar-refractivity contribution in [3.8, 4) is 0 Å². The second-order valence-corrected chi connectivity index (χ2v) is 6.55. The normalized spacial score (nSPS) is 45.6. The summed E-state index contributed by atoms with van der Waals surface area (Å²) in [6.07, 6.45) is 4.79. The van der Waals surface area contributed by atoms with Gasteiger partial charge in [-0.2, -0.15) is 0 Å². The van der Waals surface area contributed by atoms with Crippen molar-refractivity contribution >= 4 is 5.91 Å². The van der Waals surface area contributed by atoms with E-state index < -0.39 is 0 Å². The monoisotopic (exact) mass is 252 g/mol. The van der Waals surface area contributed by atoms with Gasteiger partial charge in [0, 0.05) is 6.04 Å². The van der Waals surface area contributed by atoms with Crippen molar-refractivity contribution in [3.63, 3.8) is 0 Å². The first-order valence-electron chi connectivity index (χ1n) is 7.51. The second-order valence-electron chi connectivity index (χ2n) is 6.55. The minimum Gasteiger partial charge on any atom is -0.323 e. The van der Waals surface area contributed by atoms with E-state index in [2.05, 4.69) is 37.9 Å². The highest BCUT2D eigenvalue weighted by molar-refractivity contribution is 5.88. The Labute approximate surface area is 111 Å². The number of rotatable bonds is 2. The Bertz CT molecular complexity index is 330. The third-order valence-corrected chi connectivity index (χ3v) is 5.38.